The van der Waals surface area contributed by atoms with E-state index in [0.29, 0.717) is 6.61 Å². The van der Waals surface area contributed by atoms with Crippen molar-refractivity contribution in [3.63, 3.8) is 0 Å². The molecule has 1 rings (SSSR count). The second-order valence-corrected chi connectivity index (χ2v) is 6.12. The van der Waals surface area contributed by atoms with Crippen LogP contribution in [0.15, 0.2) is 23.9 Å². The van der Waals surface area contributed by atoms with E-state index < -0.39 is 11.8 Å². The Morgan fingerprint density at radius 1 is 1.38 bits per heavy atom. The van der Waals surface area contributed by atoms with Crippen LogP contribution in [0.1, 0.15) is 40.5 Å². The maximum absolute atomic E-state index is 12.0. The molecule has 1 fully saturated rings. The molecule has 0 aliphatic carbocycles. The summed E-state index contributed by atoms with van der Waals surface area (Å²) in [6, 6.07) is 1.88. The van der Waals surface area contributed by atoms with Crippen LogP contribution in [0.5, 0.6) is 0 Å². The van der Waals surface area contributed by atoms with E-state index in [-0.39, 0.29) is 18.3 Å². The van der Waals surface area contributed by atoms with Crippen LogP contribution in [0.4, 0.5) is 0 Å². The second kappa shape index (κ2) is 10.1. The molecule has 0 bridgehead atoms. The topological polar surface area (TPSA) is 71.8 Å². The van der Waals surface area contributed by atoms with Crippen LogP contribution >= 0.6 is 0 Å². The van der Waals surface area contributed by atoms with E-state index in [9.17, 15) is 4.79 Å². The van der Waals surface area contributed by atoms with Gasteiger partial charge in [-0.2, -0.15) is 5.26 Å². The lowest BCUT2D eigenvalue weighted by molar-refractivity contribution is -0.155. The summed E-state index contributed by atoms with van der Waals surface area (Å²) in [5.74, 6) is -1.30. The van der Waals surface area contributed by atoms with E-state index in [1.54, 1.807) is 19.9 Å². The number of ether oxygens (including phenoxy) is 3. The Morgan fingerprint density at radius 2 is 2.04 bits per heavy atom. The zero-order chi connectivity index (χ0) is 18.0. The van der Waals surface area contributed by atoms with Gasteiger partial charge in [0.15, 0.2) is 5.79 Å². The van der Waals surface area contributed by atoms with Crippen LogP contribution in [0.3, 0.4) is 0 Å². The molecule has 0 saturated carbocycles. The van der Waals surface area contributed by atoms with Gasteiger partial charge in [-0.15, -0.1) is 0 Å². The van der Waals surface area contributed by atoms with Crippen molar-refractivity contribution in [1.82, 2.24) is 4.90 Å². The number of hydrogen-bond donors (Lipinski definition) is 0. The molecule has 6 nitrogen and oxygen atoms in total. The van der Waals surface area contributed by atoms with Gasteiger partial charge in [0.2, 0.25) is 0 Å². The average molecular weight is 336 g/mol. The Bertz CT molecular complexity index is 500. The first-order chi connectivity index (χ1) is 11.4. The summed E-state index contributed by atoms with van der Waals surface area (Å²) in [7, 11) is 0. The molecule has 1 aliphatic heterocycles. The third kappa shape index (κ3) is 7.16. The SMILES string of the molecule is CCCN(C=CC=C(C#N)C(=O)OCC1COC(C)(C)O1)CCC. The number of nitriles is 1. The van der Waals surface area contributed by atoms with Gasteiger partial charge in [-0.25, -0.2) is 4.79 Å². The largest absolute Gasteiger partial charge is 0.459 e. The molecule has 0 N–H and O–H groups in total. The normalized spacial score (nSPS) is 20.1. The first-order valence-electron chi connectivity index (χ1n) is 8.43. The molecule has 1 unspecified atom stereocenters. The van der Waals surface area contributed by atoms with E-state index in [2.05, 4.69) is 18.7 Å². The summed E-state index contributed by atoms with van der Waals surface area (Å²) < 4.78 is 16.1. The lowest BCUT2D eigenvalue weighted by Gasteiger charge is -2.18. The first-order valence-corrected chi connectivity index (χ1v) is 8.43. The fourth-order valence-corrected chi connectivity index (χ4v) is 2.34. The van der Waals surface area contributed by atoms with Crippen LogP contribution in [-0.2, 0) is 19.0 Å². The maximum atomic E-state index is 12.0. The number of esters is 1. The zero-order valence-electron chi connectivity index (χ0n) is 15.1. The van der Waals surface area contributed by atoms with Crippen molar-refractivity contribution in [3.8, 4) is 6.07 Å². The van der Waals surface area contributed by atoms with Crippen molar-refractivity contribution in [2.45, 2.75) is 52.4 Å². The van der Waals surface area contributed by atoms with Crippen molar-refractivity contribution >= 4 is 5.97 Å². The van der Waals surface area contributed by atoms with Crippen molar-refractivity contribution < 1.29 is 19.0 Å². The third-order valence-corrected chi connectivity index (χ3v) is 3.39. The van der Waals surface area contributed by atoms with Crippen LogP contribution in [0.25, 0.3) is 0 Å². The summed E-state index contributed by atoms with van der Waals surface area (Å²) in [6.07, 6.45) is 6.87. The van der Waals surface area contributed by atoms with Crippen molar-refractivity contribution in [2.75, 3.05) is 26.3 Å². The monoisotopic (exact) mass is 336 g/mol. The molecule has 134 valence electrons. The highest BCUT2D eigenvalue weighted by atomic mass is 16.7. The smallest absolute Gasteiger partial charge is 0.348 e. The van der Waals surface area contributed by atoms with Crippen LogP contribution in [0.2, 0.25) is 0 Å². The van der Waals surface area contributed by atoms with Gasteiger partial charge in [0.25, 0.3) is 0 Å². The molecule has 0 radical (unpaired) electrons. The number of rotatable bonds is 9. The first kappa shape index (κ1) is 20.2. The maximum Gasteiger partial charge on any atom is 0.348 e. The van der Waals surface area contributed by atoms with Gasteiger partial charge < -0.3 is 19.1 Å². The van der Waals surface area contributed by atoms with E-state index in [0.717, 1.165) is 25.9 Å². The Hall–Kier alpha value is -1.84. The fraction of sp³-hybridized carbons (Fsp3) is 0.667. The molecule has 6 heteroatoms. The van der Waals surface area contributed by atoms with E-state index in [1.807, 2.05) is 12.3 Å². The molecule has 1 saturated heterocycles. The highest BCUT2D eigenvalue weighted by Crippen LogP contribution is 2.22. The molecule has 0 aromatic heterocycles. The van der Waals surface area contributed by atoms with Gasteiger partial charge in [-0.05, 0) is 45.0 Å². The van der Waals surface area contributed by atoms with Crippen LogP contribution in [-0.4, -0.2) is 49.1 Å². The molecule has 0 spiro atoms. The van der Waals surface area contributed by atoms with Gasteiger partial charge in [0.1, 0.15) is 24.4 Å². The summed E-state index contributed by atoms with van der Waals surface area (Å²) in [4.78, 5) is 14.1. The number of allylic oxidation sites excluding steroid dienone is 2. The summed E-state index contributed by atoms with van der Waals surface area (Å²) in [5, 5.41) is 9.12. The average Bonchev–Trinajstić information content (AvgIpc) is 2.89. The Balaban J connectivity index is 2.52. The molecule has 0 amide bonds. The highest BCUT2D eigenvalue weighted by molar-refractivity contribution is 5.93. The minimum atomic E-state index is -0.657. The van der Waals surface area contributed by atoms with Crippen molar-refractivity contribution in [3.05, 3.63) is 23.9 Å². The minimum absolute atomic E-state index is 0.0302. The van der Waals surface area contributed by atoms with Gasteiger partial charge in [0.05, 0.1) is 6.61 Å². The Morgan fingerprint density at radius 3 is 2.54 bits per heavy atom. The molecule has 1 aliphatic rings. The molecular weight excluding hydrogens is 308 g/mol. The number of carbonyl (C=O) groups excluding carboxylic acids is 1. The minimum Gasteiger partial charge on any atom is -0.459 e. The summed E-state index contributed by atoms with van der Waals surface area (Å²) >= 11 is 0. The predicted molar refractivity (Wildman–Crippen MR) is 90.9 cm³/mol. The van der Waals surface area contributed by atoms with E-state index in [1.165, 1.54) is 6.08 Å². The fourth-order valence-electron chi connectivity index (χ4n) is 2.34. The standard InChI is InChI=1S/C18H28N2O4/c1-5-9-20(10-6-2)11-7-8-15(12-19)17(21)22-13-16-14-23-18(3,4)24-16/h7-8,11,16H,5-6,9-10,13-14H2,1-4H3. The molecule has 0 aromatic rings. The van der Waals surface area contributed by atoms with Gasteiger partial charge >= 0.3 is 5.97 Å². The molecule has 1 atom stereocenters. The van der Waals surface area contributed by atoms with E-state index in [4.69, 9.17) is 19.5 Å². The quantitative estimate of drug-likeness (QED) is 0.279. The Kier molecular flexibility index (Phi) is 8.51. The second-order valence-electron chi connectivity index (χ2n) is 6.12. The van der Waals surface area contributed by atoms with Crippen molar-refractivity contribution in [2.24, 2.45) is 0 Å². The lowest BCUT2D eigenvalue weighted by Crippen LogP contribution is -2.25. The van der Waals surface area contributed by atoms with Crippen molar-refractivity contribution in [1.29, 1.82) is 5.26 Å². The number of hydrogen-bond acceptors (Lipinski definition) is 6. The molecule has 0 aromatic carbocycles. The number of carbonyl (C=O) groups is 1. The van der Waals surface area contributed by atoms with Crippen LogP contribution in [0, 0.1) is 11.3 Å². The zero-order valence-corrected chi connectivity index (χ0v) is 15.1. The molecule has 24 heavy (non-hydrogen) atoms. The van der Waals surface area contributed by atoms with Gasteiger partial charge in [-0.1, -0.05) is 13.8 Å². The van der Waals surface area contributed by atoms with Crippen LogP contribution < -0.4 is 0 Å². The Labute approximate surface area is 144 Å². The highest BCUT2D eigenvalue weighted by Gasteiger charge is 2.33. The lowest BCUT2D eigenvalue weighted by atomic mass is 10.2. The summed E-state index contributed by atoms with van der Waals surface area (Å²) in [5.41, 5.74) is -0.0302. The third-order valence-electron chi connectivity index (χ3n) is 3.39. The summed E-state index contributed by atoms with van der Waals surface area (Å²) in [6.45, 7) is 10.2. The predicted octanol–water partition coefficient (Wildman–Crippen LogP) is 2.77. The molecular formula is C18H28N2O4. The van der Waals surface area contributed by atoms with Gasteiger partial charge in [0, 0.05) is 13.1 Å². The number of nitrogens with zero attached hydrogens (tertiary/aromatic N) is 2. The van der Waals surface area contributed by atoms with Gasteiger partial charge in [-0.3, -0.25) is 0 Å². The van der Waals surface area contributed by atoms with E-state index >= 15 is 0 Å². The molecule has 1 heterocycles.